The molecule has 0 spiro atoms. The van der Waals surface area contributed by atoms with Crippen LogP contribution in [0.3, 0.4) is 0 Å². The van der Waals surface area contributed by atoms with Gasteiger partial charge in [-0.25, -0.2) is 13.4 Å². The Morgan fingerprint density at radius 2 is 1.82 bits per heavy atom. The van der Waals surface area contributed by atoms with Crippen molar-refractivity contribution in [3.05, 3.63) is 71.4 Å². The zero-order valence-corrected chi connectivity index (χ0v) is 19.1. The van der Waals surface area contributed by atoms with Gasteiger partial charge >= 0.3 is 0 Å². The van der Waals surface area contributed by atoms with E-state index in [1.54, 1.807) is 42.5 Å². The summed E-state index contributed by atoms with van der Waals surface area (Å²) in [4.78, 5) is 4.77. The number of fused-ring (bicyclic) bond motifs is 1. The number of aromatic nitrogens is 1. The van der Waals surface area contributed by atoms with Gasteiger partial charge in [-0.15, -0.1) is 11.3 Å². The number of benzene rings is 2. The summed E-state index contributed by atoms with van der Waals surface area (Å²) in [5.41, 5.74) is 2.02. The number of ether oxygens (including phenoxy) is 1. The van der Waals surface area contributed by atoms with E-state index in [4.69, 9.17) is 9.15 Å². The first-order valence-corrected chi connectivity index (χ1v) is 12.6. The molecule has 0 saturated carbocycles. The summed E-state index contributed by atoms with van der Waals surface area (Å²) in [6, 6.07) is 20.1. The molecular weight excluding hydrogens is 458 g/mol. The van der Waals surface area contributed by atoms with Crippen molar-refractivity contribution in [2.75, 3.05) is 26.3 Å². The Hall–Kier alpha value is -3.29. The SMILES string of the molecule is N#C/C(=C\c1ccc(-c2ccc(S(=O)(=O)N3CCOCC3)cc2)o1)c1nc2ccccc2s1. The number of hydrogen-bond donors (Lipinski definition) is 0. The zero-order valence-electron chi connectivity index (χ0n) is 17.5. The topological polar surface area (TPSA) is 96.4 Å². The fourth-order valence-corrected chi connectivity index (χ4v) is 5.92. The van der Waals surface area contributed by atoms with E-state index in [2.05, 4.69) is 11.1 Å². The van der Waals surface area contributed by atoms with E-state index in [1.807, 2.05) is 24.3 Å². The van der Waals surface area contributed by atoms with E-state index in [9.17, 15) is 13.7 Å². The second-order valence-electron chi connectivity index (χ2n) is 7.40. The monoisotopic (exact) mass is 477 g/mol. The van der Waals surface area contributed by atoms with Crippen molar-refractivity contribution in [3.63, 3.8) is 0 Å². The van der Waals surface area contributed by atoms with Gasteiger partial charge in [-0.05, 0) is 48.5 Å². The maximum atomic E-state index is 12.8. The smallest absolute Gasteiger partial charge is 0.243 e. The third-order valence-electron chi connectivity index (χ3n) is 5.30. The zero-order chi connectivity index (χ0) is 22.8. The van der Waals surface area contributed by atoms with Gasteiger partial charge in [0.15, 0.2) is 0 Å². The first-order chi connectivity index (χ1) is 16.0. The van der Waals surface area contributed by atoms with Crippen LogP contribution in [0.25, 0.3) is 33.2 Å². The molecule has 0 atom stereocenters. The minimum Gasteiger partial charge on any atom is -0.457 e. The van der Waals surface area contributed by atoms with Gasteiger partial charge in [0.2, 0.25) is 10.0 Å². The quantitative estimate of drug-likeness (QED) is 0.389. The van der Waals surface area contributed by atoms with Gasteiger partial charge in [-0.1, -0.05) is 12.1 Å². The summed E-state index contributed by atoms with van der Waals surface area (Å²) in [7, 11) is -3.55. The second kappa shape index (κ2) is 8.92. The van der Waals surface area contributed by atoms with Gasteiger partial charge in [0.1, 0.15) is 22.6 Å². The maximum Gasteiger partial charge on any atom is 0.243 e. The molecule has 0 bridgehead atoms. The van der Waals surface area contributed by atoms with Crippen LogP contribution in [0.1, 0.15) is 10.8 Å². The van der Waals surface area contributed by atoms with Crippen LogP contribution in [0.15, 0.2) is 70.0 Å². The first-order valence-electron chi connectivity index (χ1n) is 10.3. The Morgan fingerprint density at radius 3 is 2.55 bits per heavy atom. The number of rotatable bonds is 5. The number of morpholine rings is 1. The number of nitrogens with zero attached hydrogens (tertiary/aromatic N) is 3. The average molecular weight is 478 g/mol. The highest BCUT2D eigenvalue weighted by Gasteiger charge is 2.26. The lowest BCUT2D eigenvalue weighted by molar-refractivity contribution is 0.0730. The molecule has 2 aromatic heterocycles. The minimum absolute atomic E-state index is 0.238. The lowest BCUT2D eigenvalue weighted by atomic mass is 10.2. The third kappa shape index (κ3) is 4.34. The van der Waals surface area contributed by atoms with E-state index in [1.165, 1.54) is 15.6 Å². The van der Waals surface area contributed by atoms with Gasteiger partial charge in [-0.3, -0.25) is 0 Å². The van der Waals surface area contributed by atoms with E-state index >= 15 is 0 Å². The molecule has 0 N–H and O–H groups in total. The number of furan rings is 1. The molecule has 1 saturated heterocycles. The number of thiazole rings is 1. The molecule has 166 valence electrons. The summed E-state index contributed by atoms with van der Waals surface area (Å²) < 4.78 is 39.2. The Balaban J connectivity index is 1.38. The van der Waals surface area contributed by atoms with E-state index < -0.39 is 10.0 Å². The Bertz CT molecular complexity index is 1440. The largest absolute Gasteiger partial charge is 0.457 e. The molecule has 4 aromatic rings. The lowest BCUT2D eigenvalue weighted by Crippen LogP contribution is -2.40. The molecule has 0 amide bonds. The molecule has 2 aromatic carbocycles. The number of sulfonamides is 1. The van der Waals surface area contributed by atoms with Crippen LogP contribution < -0.4 is 0 Å². The number of allylic oxidation sites excluding steroid dienone is 1. The van der Waals surface area contributed by atoms with Crippen LogP contribution >= 0.6 is 11.3 Å². The number of hydrogen-bond acceptors (Lipinski definition) is 7. The van der Waals surface area contributed by atoms with Crippen molar-refractivity contribution in [2.45, 2.75) is 4.90 Å². The van der Waals surface area contributed by atoms with Crippen molar-refractivity contribution >= 4 is 43.2 Å². The molecule has 9 heteroatoms. The molecule has 3 heterocycles. The van der Waals surface area contributed by atoms with E-state index in [0.717, 1.165) is 15.8 Å². The van der Waals surface area contributed by atoms with Crippen LogP contribution in [0.5, 0.6) is 0 Å². The Labute approximate surface area is 195 Å². The number of nitriles is 1. The molecule has 7 nitrogen and oxygen atoms in total. The second-order valence-corrected chi connectivity index (χ2v) is 10.4. The minimum atomic E-state index is -3.55. The van der Waals surface area contributed by atoms with Gasteiger partial charge in [-0.2, -0.15) is 9.57 Å². The highest BCUT2D eigenvalue weighted by molar-refractivity contribution is 7.89. The van der Waals surface area contributed by atoms with E-state index in [0.29, 0.717) is 48.4 Å². The van der Waals surface area contributed by atoms with Crippen LogP contribution in [-0.4, -0.2) is 44.0 Å². The predicted molar refractivity (Wildman–Crippen MR) is 127 cm³/mol. The van der Waals surface area contributed by atoms with Crippen molar-refractivity contribution in [2.24, 2.45) is 0 Å². The highest BCUT2D eigenvalue weighted by atomic mass is 32.2. The molecule has 5 rings (SSSR count). The molecule has 33 heavy (non-hydrogen) atoms. The molecule has 0 radical (unpaired) electrons. The maximum absolute atomic E-state index is 12.8. The fraction of sp³-hybridized carbons (Fsp3) is 0.167. The third-order valence-corrected chi connectivity index (χ3v) is 8.29. The standard InChI is InChI=1S/C24H19N3O4S2/c25-16-18(24-26-21-3-1-2-4-23(21)32-24)15-19-7-10-22(31-19)17-5-8-20(9-6-17)33(28,29)27-11-13-30-14-12-27/h1-10,15H,11-14H2/b18-15+. The molecule has 1 aliphatic rings. The molecule has 0 aliphatic carbocycles. The highest BCUT2D eigenvalue weighted by Crippen LogP contribution is 2.30. The summed E-state index contributed by atoms with van der Waals surface area (Å²) in [6.45, 7) is 1.52. The van der Waals surface area contributed by atoms with Gasteiger partial charge in [0.05, 0.1) is 33.9 Å². The number of para-hydroxylation sites is 1. The van der Waals surface area contributed by atoms with Crippen molar-refractivity contribution in [1.29, 1.82) is 5.26 Å². The fourth-order valence-electron chi connectivity index (χ4n) is 3.58. The van der Waals surface area contributed by atoms with Crippen molar-refractivity contribution in [1.82, 2.24) is 9.29 Å². The normalized spacial score (nSPS) is 15.5. The van der Waals surface area contributed by atoms with Crippen molar-refractivity contribution in [3.8, 4) is 17.4 Å². The van der Waals surface area contributed by atoms with Gasteiger partial charge in [0.25, 0.3) is 0 Å². The molecule has 0 unspecified atom stereocenters. The predicted octanol–water partition coefficient (Wildman–Crippen LogP) is 4.64. The summed E-state index contributed by atoms with van der Waals surface area (Å²) in [5, 5.41) is 10.3. The molecular formula is C24H19N3O4S2. The first kappa shape index (κ1) is 21.6. The van der Waals surface area contributed by atoms with Crippen LogP contribution in [-0.2, 0) is 14.8 Å². The summed E-state index contributed by atoms with van der Waals surface area (Å²) in [5.74, 6) is 1.10. The van der Waals surface area contributed by atoms with Crippen LogP contribution in [0.2, 0.25) is 0 Å². The van der Waals surface area contributed by atoms with Gasteiger partial charge < -0.3 is 9.15 Å². The van der Waals surface area contributed by atoms with Crippen LogP contribution in [0, 0.1) is 11.3 Å². The molecule has 1 fully saturated rings. The van der Waals surface area contributed by atoms with Gasteiger partial charge in [0, 0.05) is 24.7 Å². The van der Waals surface area contributed by atoms with E-state index in [-0.39, 0.29) is 4.90 Å². The summed E-state index contributed by atoms with van der Waals surface area (Å²) >= 11 is 1.46. The van der Waals surface area contributed by atoms with Crippen molar-refractivity contribution < 1.29 is 17.6 Å². The lowest BCUT2D eigenvalue weighted by Gasteiger charge is -2.26. The van der Waals surface area contributed by atoms with Crippen LogP contribution in [0.4, 0.5) is 0 Å². The average Bonchev–Trinajstić information content (AvgIpc) is 3.50. The molecule has 1 aliphatic heterocycles. The Morgan fingerprint density at radius 1 is 1.06 bits per heavy atom. The summed E-state index contributed by atoms with van der Waals surface area (Å²) in [6.07, 6.45) is 1.67. The Kier molecular flexibility index (Phi) is 5.83.